The number of hydrogen-bond donors (Lipinski definition) is 2. The predicted octanol–water partition coefficient (Wildman–Crippen LogP) is 1.71. The number of nitrogens with one attached hydrogen (secondary N) is 1. The van der Waals surface area contributed by atoms with Gasteiger partial charge in [0.15, 0.2) is 5.82 Å². The molecule has 1 fully saturated rings. The fraction of sp³-hybridized carbons (Fsp3) is 0.429. The lowest BCUT2D eigenvalue weighted by molar-refractivity contribution is 0.0535. The highest BCUT2D eigenvalue weighted by Gasteiger charge is 2.27. The average molecular weight is 408 g/mol. The first-order valence-electron chi connectivity index (χ1n) is 10.2. The molecule has 2 aliphatic rings. The molecule has 0 saturated carbocycles. The van der Waals surface area contributed by atoms with E-state index in [-0.39, 0.29) is 5.97 Å². The number of fused-ring (bicyclic) bond motifs is 2. The molecule has 2 aromatic heterocycles. The van der Waals surface area contributed by atoms with Gasteiger partial charge in [0, 0.05) is 43.6 Å². The van der Waals surface area contributed by atoms with Crippen molar-refractivity contribution in [1.29, 1.82) is 0 Å². The van der Waals surface area contributed by atoms with Gasteiger partial charge >= 0.3 is 5.97 Å². The molecule has 5 rings (SSSR count). The van der Waals surface area contributed by atoms with Gasteiger partial charge in [-0.2, -0.15) is 0 Å². The predicted molar refractivity (Wildman–Crippen MR) is 109 cm³/mol. The lowest BCUT2D eigenvalue weighted by atomic mass is 9.94. The molecular weight excluding hydrogens is 384 g/mol. The maximum absolute atomic E-state index is 11.7. The van der Waals surface area contributed by atoms with E-state index in [1.54, 1.807) is 18.6 Å². The first-order chi connectivity index (χ1) is 14.6. The van der Waals surface area contributed by atoms with Crippen molar-refractivity contribution in [2.45, 2.75) is 38.5 Å². The third-order valence-electron chi connectivity index (χ3n) is 6.14. The fourth-order valence-electron chi connectivity index (χ4n) is 4.39. The number of aromatic nitrogens is 4. The number of β-amino-alcohol motifs (C(OH)–C–C–N with tert-alkyl or cyclic N) is 1. The summed E-state index contributed by atoms with van der Waals surface area (Å²) in [6.07, 6.45) is 6.54. The average Bonchev–Trinajstić information content (AvgIpc) is 3.38. The third-order valence-corrected chi connectivity index (χ3v) is 6.14. The Morgan fingerprint density at radius 3 is 3.00 bits per heavy atom. The number of carbonyl (C=O) groups excluding carboxylic acids is 1. The molecule has 3 aromatic rings. The maximum Gasteiger partial charge on any atom is 0.338 e. The SMILES string of the molecule is Cc1c(C(O)CN2CCC(Nc3nccn4cnnc34)CC2)ccc2c1COC2=O. The fourth-order valence-corrected chi connectivity index (χ4v) is 4.39. The lowest BCUT2D eigenvalue weighted by Crippen LogP contribution is -2.41. The Balaban J connectivity index is 1.19. The van der Waals surface area contributed by atoms with E-state index in [0.717, 1.165) is 54.1 Å². The molecule has 1 aromatic carbocycles. The summed E-state index contributed by atoms with van der Waals surface area (Å²) < 4.78 is 6.96. The molecular formula is C21H24N6O3. The van der Waals surface area contributed by atoms with Crippen molar-refractivity contribution < 1.29 is 14.6 Å². The number of benzene rings is 1. The summed E-state index contributed by atoms with van der Waals surface area (Å²) in [5, 5.41) is 22.4. The van der Waals surface area contributed by atoms with Crippen LogP contribution >= 0.6 is 0 Å². The number of esters is 1. The first kappa shape index (κ1) is 19.0. The van der Waals surface area contributed by atoms with Crippen LogP contribution in [0.2, 0.25) is 0 Å². The van der Waals surface area contributed by atoms with Crippen LogP contribution in [-0.2, 0) is 11.3 Å². The van der Waals surface area contributed by atoms with E-state index in [1.807, 2.05) is 23.6 Å². The van der Waals surface area contributed by atoms with Crippen LogP contribution < -0.4 is 5.32 Å². The van der Waals surface area contributed by atoms with E-state index >= 15 is 0 Å². The van der Waals surface area contributed by atoms with Crippen molar-refractivity contribution in [3.05, 3.63) is 53.1 Å². The van der Waals surface area contributed by atoms with Gasteiger partial charge in [-0.25, -0.2) is 9.78 Å². The van der Waals surface area contributed by atoms with Gasteiger partial charge in [-0.3, -0.25) is 4.40 Å². The highest BCUT2D eigenvalue weighted by Crippen LogP contribution is 2.30. The molecule has 156 valence electrons. The second-order valence-corrected chi connectivity index (χ2v) is 7.95. The third kappa shape index (κ3) is 3.40. The van der Waals surface area contributed by atoms with Crippen LogP contribution in [0.4, 0.5) is 5.82 Å². The summed E-state index contributed by atoms with van der Waals surface area (Å²) >= 11 is 0. The number of piperidine rings is 1. The maximum atomic E-state index is 11.7. The zero-order chi connectivity index (χ0) is 20.7. The van der Waals surface area contributed by atoms with Crippen LogP contribution in [0.15, 0.2) is 30.9 Å². The minimum atomic E-state index is -0.595. The summed E-state index contributed by atoms with van der Waals surface area (Å²) in [4.78, 5) is 18.4. The van der Waals surface area contributed by atoms with Crippen LogP contribution in [0.25, 0.3) is 5.65 Å². The number of cyclic esters (lactones) is 1. The van der Waals surface area contributed by atoms with E-state index < -0.39 is 6.10 Å². The van der Waals surface area contributed by atoms with Crippen LogP contribution in [-0.4, -0.2) is 61.2 Å². The van der Waals surface area contributed by atoms with Gasteiger partial charge < -0.3 is 20.1 Å². The van der Waals surface area contributed by atoms with E-state index in [4.69, 9.17) is 4.74 Å². The standard InChI is InChI=1S/C21H24N6O3/c1-13-15(2-3-16-17(13)11-30-21(16)29)18(28)10-26-7-4-14(5-8-26)24-19-20-25-23-12-27(20)9-6-22-19/h2-3,6,9,12,14,18,28H,4-5,7-8,10-11H2,1H3,(H,22,24). The highest BCUT2D eigenvalue weighted by molar-refractivity contribution is 5.93. The molecule has 2 N–H and O–H groups in total. The largest absolute Gasteiger partial charge is 0.457 e. The van der Waals surface area contributed by atoms with Gasteiger partial charge in [0.25, 0.3) is 0 Å². The van der Waals surface area contributed by atoms with Crippen molar-refractivity contribution in [3.8, 4) is 0 Å². The van der Waals surface area contributed by atoms with Gasteiger partial charge in [-0.1, -0.05) is 6.07 Å². The van der Waals surface area contributed by atoms with Crippen molar-refractivity contribution in [2.24, 2.45) is 0 Å². The van der Waals surface area contributed by atoms with E-state index in [2.05, 4.69) is 25.4 Å². The number of nitrogens with zero attached hydrogens (tertiary/aromatic N) is 5. The van der Waals surface area contributed by atoms with Crippen LogP contribution in [0.3, 0.4) is 0 Å². The molecule has 4 heterocycles. The highest BCUT2D eigenvalue weighted by atomic mass is 16.5. The molecule has 1 saturated heterocycles. The number of likely N-dealkylation sites (tertiary alicyclic amines) is 1. The van der Waals surface area contributed by atoms with Crippen molar-refractivity contribution >= 4 is 17.4 Å². The monoisotopic (exact) mass is 408 g/mol. The molecule has 2 aliphatic heterocycles. The normalized spacial score (nSPS) is 18.4. The number of rotatable bonds is 5. The van der Waals surface area contributed by atoms with E-state index in [9.17, 15) is 9.90 Å². The van der Waals surface area contributed by atoms with Crippen molar-refractivity contribution in [2.75, 3.05) is 25.0 Å². The Bertz CT molecular complexity index is 1090. The summed E-state index contributed by atoms with van der Waals surface area (Å²) in [6.45, 7) is 4.59. The Morgan fingerprint density at radius 1 is 1.33 bits per heavy atom. The Morgan fingerprint density at radius 2 is 2.17 bits per heavy atom. The summed E-state index contributed by atoms with van der Waals surface area (Å²) in [5.74, 6) is 0.471. The number of carbonyl (C=O) groups is 1. The minimum Gasteiger partial charge on any atom is -0.457 e. The Kier molecular flexibility index (Phi) is 4.84. The Labute approximate surface area is 173 Å². The minimum absolute atomic E-state index is 0.278. The van der Waals surface area contributed by atoms with Gasteiger partial charge in [-0.05, 0) is 37.0 Å². The Hall–Kier alpha value is -3.04. The lowest BCUT2D eigenvalue weighted by Gasteiger charge is -2.34. The van der Waals surface area contributed by atoms with E-state index in [1.165, 1.54) is 0 Å². The molecule has 0 bridgehead atoms. The molecule has 30 heavy (non-hydrogen) atoms. The number of ether oxygens (including phenoxy) is 1. The smallest absolute Gasteiger partial charge is 0.338 e. The number of anilines is 1. The molecule has 0 radical (unpaired) electrons. The molecule has 1 unspecified atom stereocenters. The van der Waals surface area contributed by atoms with Crippen molar-refractivity contribution in [3.63, 3.8) is 0 Å². The van der Waals surface area contributed by atoms with Crippen molar-refractivity contribution in [1.82, 2.24) is 24.5 Å². The molecule has 0 spiro atoms. The van der Waals surface area contributed by atoms with Crippen LogP contribution in [0.5, 0.6) is 0 Å². The molecule has 1 atom stereocenters. The summed E-state index contributed by atoms with van der Waals surface area (Å²) in [6, 6.07) is 3.92. The van der Waals surface area contributed by atoms with Crippen LogP contribution in [0, 0.1) is 6.92 Å². The van der Waals surface area contributed by atoms with Crippen LogP contribution in [0.1, 0.15) is 46.0 Å². The topological polar surface area (TPSA) is 105 Å². The summed E-state index contributed by atoms with van der Waals surface area (Å²) in [7, 11) is 0. The number of aliphatic hydroxyl groups excluding tert-OH is 1. The quantitative estimate of drug-likeness (QED) is 0.615. The zero-order valence-electron chi connectivity index (χ0n) is 16.8. The second-order valence-electron chi connectivity index (χ2n) is 7.95. The van der Waals surface area contributed by atoms with Gasteiger partial charge in [0.1, 0.15) is 12.9 Å². The zero-order valence-corrected chi connectivity index (χ0v) is 16.8. The van der Waals surface area contributed by atoms with Gasteiger partial charge in [-0.15, -0.1) is 10.2 Å². The first-order valence-corrected chi connectivity index (χ1v) is 10.2. The molecule has 0 aliphatic carbocycles. The number of aliphatic hydroxyl groups is 1. The molecule has 9 heteroatoms. The molecule has 0 amide bonds. The van der Waals surface area contributed by atoms with Gasteiger partial charge in [0.2, 0.25) is 5.65 Å². The van der Waals surface area contributed by atoms with E-state index in [0.29, 0.717) is 24.8 Å². The molecule has 9 nitrogen and oxygen atoms in total. The number of hydrogen-bond acceptors (Lipinski definition) is 8. The summed E-state index contributed by atoms with van der Waals surface area (Å²) in [5.41, 5.74) is 4.07. The second kappa shape index (κ2) is 7.66. The van der Waals surface area contributed by atoms with Gasteiger partial charge in [0.05, 0.1) is 11.7 Å².